The van der Waals surface area contributed by atoms with E-state index in [1.54, 1.807) is 25.8 Å². The fourth-order valence-electron chi connectivity index (χ4n) is 4.85. The van der Waals surface area contributed by atoms with Crippen LogP contribution in [0.2, 0.25) is 0 Å². The fourth-order valence-corrected chi connectivity index (χ4v) is 6.96. The Hall–Kier alpha value is -4.75. The molecule has 17 nitrogen and oxygen atoms in total. The molecule has 0 aliphatic carbocycles. The lowest BCUT2D eigenvalue weighted by atomic mass is 10.2. The van der Waals surface area contributed by atoms with Crippen LogP contribution in [0.4, 0.5) is 11.6 Å². The van der Waals surface area contributed by atoms with Gasteiger partial charge in [-0.25, -0.2) is 29.9 Å². The second-order valence-electron chi connectivity index (χ2n) is 10.1. The molecule has 6 heterocycles. The number of carbonyl (C=O) groups is 3. The number of thioether (sulfide) groups is 2. The Morgan fingerprint density at radius 3 is 2.20 bits per heavy atom. The Morgan fingerprint density at radius 2 is 1.48 bits per heavy atom. The number of nitrogens with one attached hydrogen (secondary N) is 5. The van der Waals surface area contributed by atoms with E-state index in [-0.39, 0.29) is 42.5 Å². The molecule has 46 heavy (non-hydrogen) atoms. The summed E-state index contributed by atoms with van der Waals surface area (Å²) in [7, 11) is 1.56. The molecule has 0 saturated carbocycles. The molecule has 0 saturated heterocycles. The minimum Gasteiger partial charge on any atom is -0.383 e. The van der Waals surface area contributed by atoms with Crippen LogP contribution in [0, 0.1) is 0 Å². The number of aromatic nitrogens is 8. The second-order valence-corrected chi connectivity index (χ2v) is 12.6. The smallest absolute Gasteiger partial charge is 0.259 e. The number of amides is 3. The zero-order valence-electron chi connectivity index (χ0n) is 24.7. The molecule has 2 aliphatic rings. The molecule has 0 aromatic carbocycles. The molecule has 240 valence electrons. The van der Waals surface area contributed by atoms with E-state index in [0.717, 1.165) is 0 Å². The maximum absolute atomic E-state index is 13.0. The lowest BCUT2D eigenvalue weighted by molar-refractivity contribution is -0.121. The third-order valence-corrected chi connectivity index (χ3v) is 9.15. The van der Waals surface area contributed by atoms with Crippen LogP contribution in [0.25, 0.3) is 22.3 Å². The Labute approximate surface area is 270 Å². The molecule has 1 atom stereocenters. The van der Waals surface area contributed by atoms with E-state index in [1.807, 2.05) is 9.80 Å². The first-order valence-electron chi connectivity index (χ1n) is 14.4. The van der Waals surface area contributed by atoms with Crippen LogP contribution in [0.15, 0.2) is 47.5 Å². The van der Waals surface area contributed by atoms with Gasteiger partial charge in [0.15, 0.2) is 22.9 Å². The highest BCUT2D eigenvalue weighted by atomic mass is 32.2. The highest BCUT2D eigenvalue weighted by Crippen LogP contribution is 2.34. The summed E-state index contributed by atoms with van der Waals surface area (Å²) in [4.78, 5) is 75.1. The summed E-state index contributed by atoms with van der Waals surface area (Å²) in [5.74, 6) is 1.21. The van der Waals surface area contributed by atoms with E-state index in [2.05, 4.69) is 55.8 Å². The van der Waals surface area contributed by atoms with Gasteiger partial charge in [0.1, 0.15) is 23.7 Å². The van der Waals surface area contributed by atoms with Gasteiger partial charge in [0, 0.05) is 69.7 Å². The van der Waals surface area contributed by atoms with Crippen LogP contribution in [-0.2, 0) is 19.1 Å². The second kappa shape index (κ2) is 14.6. The molecule has 19 heteroatoms. The van der Waals surface area contributed by atoms with E-state index in [4.69, 9.17) is 4.74 Å². The van der Waals surface area contributed by atoms with Crippen LogP contribution in [0.5, 0.6) is 0 Å². The fraction of sp³-hybridized carbons (Fsp3) is 0.370. The summed E-state index contributed by atoms with van der Waals surface area (Å²) < 4.78 is 5.04. The maximum atomic E-state index is 13.0. The molecule has 2 aliphatic heterocycles. The normalized spacial score (nSPS) is 16.7. The van der Waals surface area contributed by atoms with Crippen molar-refractivity contribution in [1.82, 2.24) is 55.8 Å². The Kier molecular flexibility index (Phi) is 9.89. The van der Waals surface area contributed by atoms with Crippen molar-refractivity contribution in [1.29, 1.82) is 0 Å². The summed E-state index contributed by atoms with van der Waals surface area (Å²) in [6.45, 7) is 2.32. The van der Waals surface area contributed by atoms with Crippen molar-refractivity contribution < 1.29 is 19.1 Å². The van der Waals surface area contributed by atoms with Gasteiger partial charge in [-0.15, -0.1) is 23.5 Å². The molecule has 0 fully saturated rings. The predicted molar refractivity (Wildman–Crippen MR) is 174 cm³/mol. The number of hydrogen-bond donors (Lipinski definition) is 5. The monoisotopic (exact) mass is 665 g/mol. The van der Waals surface area contributed by atoms with Crippen molar-refractivity contribution in [3.8, 4) is 0 Å². The number of nitrogens with zero attached hydrogens (tertiary/aromatic N) is 8. The number of aromatic amines is 2. The molecule has 6 rings (SSSR count). The molecule has 0 spiro atoms. The van der Waals surface area contributed by atoms with Crippen LogP contribution in [0.1, 0.15) is 6.42 Å². The number of ether oxygens (including phenoxy) is 1. The van der Waals surface area contributed by atoms with E-state index < -0.39 is 0 Å². The number of imidazole rings is 2. The van der Waals surface area contributed by atoms with Crippen molar-refractivity contribution >= 4 is 75.2 Å². The molecular weight excluding hydrogens is 635 g/mol. The van der Waals surface area contributed by atoms with Gasteiger partial charge in [-0.2, -0.15) is 0 Å². The number of methoxy groups -OCH3 is 1. The Balaban J connectivity index is 1.03. The standard InChI is InChI=1S/C27H31N13O4S2/c1-44-6-4-30-27(43)18-11-40(25-21-23(34-13-32-21)36-15-38-25)9-16(46-18)8-19(41)28-2-3-29-26(42)17-10-39(5-7-45-17)24-20-22(33-12-31-20)35-14-37-24/h10-16H,2-9H2,1H3,(H,28,41)(H,29,42)(H,30,43)(H,31,33,35,37)(H,32,34,36,38). The lowest BCUT2D eigenvalue weighted by Gasteiger charge is -2.31. The molecule has 3 amide bonds. The van der Waals surface area contributed by atoms with E-state index >= 15 is 0 Å². The van der Waals surface area contributed by atoms with Crippen molar-refractivity contribution in [3.05, 3.63) is 47.5 Å². The minimum absolute atomic E-state index is 0.145. The molecule has 0 radical (unpaired) electrons. The van der Waals surface area contributed by atoms with E-state index in [0.29, 0.717) is 75.8 Å². The largest absolute Gasteiger partial charge is 0.383 e. The minimum atomic E-state index is -0.267. The zero-order valence-corrected chi connectivity index (χ0v) is 26.4. The quantitative estimate of drug-likeness (QED) is 0.129. The molecule has 1 unspecified atom stereocenters. The first-order chi connectivity index (χ1) is 22.5. The summed E-state index contributed by atoms with van der Waals surface area (Å²) in [5.41, 5.74) is 2.39. The average molecular weight is 666 g/mol. The van der Waals surface area contributed by atoms with Crippen molar-refractivity contribution in [3.63, 3.8) is 0 Å². The number of H-pyrrole nitrogens is 2. The topological polar surface area (TPSA) is 212 Å². The summed E-state index contributed by atoms with van der Waals surface area (Å²) in [5, 5.41) is 8.33. The zero-order chi connectivity index (χ0) is 31.9. The van der Waals surface area contributed by atoms with Gasteiger partial charge in [0.2, 0.25) is 5.91 Å². The lowest BCUT2D eigenvalue weighted by Crippen LogP contribution is -2.40. The SMILES string of the molecule is COCCNC(=O)C1=CN(c2ncnc3nc[nH]c23)CC(CC(=O)NCCNC(=O)C2=CN(c3ncnc4nc[nH]c34)CCS2)S1. The first kappa shape index (κ1) is 31.2. The molecule has 4 aromatic rings. The van der Waals surface area contributed by atoms with Crippen molar-refractivity contribution in [2.45, 2.75) is 11.7 Å². The van der Waals surface area contributed by atoms with Crippen LogP contribution in [0.3, 0.4) is 0 Å². The van der Waals surface area contributed by atoms with E-state index in [9.17, 15) is 14.4 Å². The third kappa shape index (κ3) is 7.21. The summed E-state index contributed by atoms with van der Waals surface area (Å²) >= 11 is 2.79. The van der Waals surface area contributed by atoms with Crippen LogP contribution in [-0.4, -0.2) is 115 Å². The van der Waals surface area contributed by atoms with Gasteiger partial charge in [-0.3, -0.25) is 14.4 Å². The van der Waals surface area contributed by atoms with E-state index in [1.165, 1.54) is 42.5 Å². The number of fused-ring (bicyclic) bond motifs is 2. The van der Waals surface area contributed by atoms with Crippen LogP contribution < -0.4 is 25.8 Å². The number of carbonyl (C=O) groups excluding carboxylic acids is 3. The highest BCUT2D eigenvalue weighted by molar-refractivity contribution is 8.04. The molecule has 5 N–H and O–H groups in total. The maximum Gasteiger partial charge on any atom is 0.259 e. The average Bonchev–Trinajstić information content (AvgIpc) is 3.76. The third-order valence-electron chi connectivity index (χ3n) is 6.97. The highest BCUT2D eigenvalue weighted by Gasteiger charge is 2.29. The predicted octanol–water partition coefficient (Wildman–Crippen LogP) is 0.262. The molecular formula is C27H31N13O4S2. The van der Waals surface area contributed by atoms with Crippen molar-refractivity contribution in [2.24, 2.45) is 0 Å². The Bertz CT molecular complexity index is 1790. The molecule has 4 aromatic heterocycles. The van der Waals surface area contributed by atoms with Gasteiger partial charge in [0.05, 0.1) is 29.1 Å². The van der Waals surface area contributed by atoms with Gasteiger partial charge in [-0.1, -0.05) is 0 Å². The number of hydrogen-bond acceptors (Lipinski definition) is 14. The number of rotatable bonds is 12. The van der Waals surface area contributed by atoms with Crippen LogP contribution >= 0.6 is 23.5 Å². The molecule has 0 bridgehead atoms. The van der Waals surface area contributed by atoms with Crippen molar-refractivity contribution in [2.75, 3.05) is 62.0 Å². The summed E-state index contributed by atoms with van der Waals surface area (Å²) in [6.07, 6.45) is 9.58. The van der Waals surface area contributed by atoms with Gasteiger partial charge >= 0.3 is 0 Å². The number of anilines is 2. The summed E-state index contributed by atoms with van der Waals surface area (Å²) in [6, 6.07) is 0. The Morgan fingerprint density at radius 1 is 0.848 bits per heavy atom. The van der Waals surface area contributed by atoms with Gasteiger partial charge in [0.25, 0.3) is 11.8 Å². The van der Waals surface area contributed by atoms with Gasteiger partial charge in [-0.05, 0) is 0 Å². The first-order valence-corrected chi connectivity index (χ1v) is 16.2. The van der Waals surface area contributed by atoms with Gasteiger partial charge < -0.3 is 40.5 Å².